The lowest BCUT2D eigenvalue weighted by molar-refractivity contribution is 0.0950. The average molecular weight is 427 g/mol. The summed E-state index contributed by atoms with van der Waals surface area (Å²) in [6.45, 7) is 3.00. The van der Waals surface area contributed by atoms with Gasteiger partial charge in [-0.3, -0.25) is 4.79 Å². The summed E-state index contributed by atoms with van der Waals surface area (Å²) in [4.78, 5) is 12.7. The highest BCUT2D eigenvalue weighted by Gasteiger charge is 2.29. The molecule has 27 heavy (non-hydrogen) atoms. The van der Waals surface area contributed by atoms with Crippen LogP contribution >= 0.6 is 23.2 Å². The molecular weight excluding hydrogens is 407 g/mol. The molecule has 144 valence electrons. The molecule has 0 radical (unpaired) electrons. The molecule has 0 atom stereocenters. The Morgan fingerprint density at radius 1 is 1.11 bits per heavy atom. The molecular formula is C19H20Cl2N2O3S. The standard InChI is InChI=1S/C19H20Cl2N2O3S/c1-13-4-5-14(10-18(13)27(25,26)23-8-2-3-9-23)19(24)22-12-15-6-7-16(20)11-17(15)21/h4-7,10-11H,2-3,8-9,12H2,1H3,(H,22,24). The van der Waals surface area contributed by atoms with Gasteiger partial charge in [-0.2, -0.15) is 4.31 Å². The van der Waals surface area contributed by atoms with Crippen LogP contribution in [0.3, 0.4) is 0 Å². The van der Waals surface area contributed by atoms with Crippen LogP contribution in [-0.2, 0) is 16.6 Å². The first-order valence-electron chi connectivity index (χ1n) is 8.62. The maximum absolute atomic E-state index is 12.9. The van der Waals surface area contributed by atoms with Gasteiger partial charge in [0.2, 0.25) is 10.0 Å². The summed E-state index contributed by atoms with van der Waals surface area (Å²) >= 11 is 12.0. The van der Waals surface area contributed by atoms with Crippen molar-refractivity contribution in [1.82, 2.24) is 9.62 Å². The first kappa shape index (κ1) is 20.1. The van der Waals surface area contributed by atoms with Crippen LogP contribution in [0.5, 0.6) is 0 Å². The van der Waals surface area contributed by atoms with Crippen molar-refractivity contribution < 1.29 is 13.2 Å². The summed E-state index contributed by atoms with van der Waals surface area (Å²) in [5.41, 5.74) is 1.65. The molecule has 2 aromatic carbocycles. The predicted octanol–water partition coefficient (Wildman–Crippen LogP) is 4.02. The molecule has 0 aliphatic carbocycles. The second-order valence-corrected chi connectivity index (χ2v) is 9.26. The van der Waals surface area contributed by atoms with Crippen LogP contribution in [0.2, 0.25) is 10.0 Å². The van der Waals surface area contributed by atoms with Gasteiger partial charge in [0, 0.05) is 35.2 Å². The minimum atomic E-state index is -3.59. The van der Waals surface area contributed by atoms with Gasteiger partial charge in [0.15, 0.2) is 0 Å². The van der Waals surface area contributed by atoms with Crippen LogP contribution in [-0.4, -0.2) is 31.7 Å². The van der Waals surface area contributed by atoms with Crippen LogP contribution in [0.15, 0.2) is 41.3 Å². The van der Waals surface area contributed by atoms with Gasteiger partial charge >= 0.3 is 0 Å². The van der Waals surface area contributed by atoms with Gasteiger partial charge in [0.25, 0.3) is 5.91 Å². The summed E-state index contributed by atoms with van der Waals surface area (Å²) < 4.78 is 27.2. The predicted molar refractivity (Wildman–Crippen MR) is 107 cm³/mol. The number of hydrogen-bond donors (Lipinski definition) is 1. The Bertz CT molecular complexity index is 971. The molecule has 0 spiro atoms. The van der Waals surface area contributed by atoms with Crippen molar-refractivity contribution in [3.63, 3.8) is 0 Å². The highest BCUT2D eigenvalue weighted by molar-refractivity contribution is 7.89. The van der Waals surface area contributed by atoms with Crippen LogP contribution in [0.25, 0.3) is 0 Å². The van der Waals surface area contributed by atoms with E-state index in [-0.39, 0.29) is 17.3 Å². The van der Waals surface area contributed by atoms with Crippen molar-refractivity contribution in [2.75, 3.05) is 13.1 Å². The topological polar surface area (TPSA) is 66.5 Å². The van der Waals surface area contributed by atoms with Gasteiger partial charge in [0.1, 0.15) is 0 Å². The molecule has 1 aliphatic heterocycles. The number of rotatable bonds is 5. The Labute approximate surface area is 169 Å². The van der Waals surface area contributed by atoms with Crippen molar-refractivity contribution in [3.8, 4) is 0 Å². The third-order valence-corrected chi connectivity index (χ3v) is 7.22. The van der Waals surface area contributed by atoms with Crippen molar-refractivity contribution in [2.45, 2.75) is 31.2 Å². The van der Waals surface area contributed by atoms with Gasteiger partial charge in [-0.15, -0.1) is 0 Å². The molecule has 3 rings (SSSR count). The number of benzene rings is 2. The lowest BCUT2D eigenvalue weighted by Crippen LogP contribution is -2.29. The fourth-order valence-corrected chi connectivity index (χ4v) is 5.27. The molecule has 1 N–H and O–H groups in total. The van der Waals surface area contributed by atoms with Gasteiger partial charge in [0.05, 0.1) is 4.90 Å². The van der Waals surface area contributed by atoms with Crippen LogP contribution < -0.4 is 5.32 Å². The van der Waals surface area contributed by atoms with Crippen molar-refractivity contribution >= 4 is 39.1 Å². The molecule has 0 aromatic heterocycles. The molecule has 8 heteroatoms. The Morgan fingerprint density at radius 2 is 1.81 bits per heavy atom. The second kappa shape index (κ2) is 8.19. The largest absolute Gasteiger partial charge is 0.348 e. The molecule has 1 heterocycles. The Balaban J connectivity index is 1.79. The van der Waals surface area contributed by atoms with E-state index in [2.05, 4.69) is 5.32 Å². The highest BCUT2D eigenvalue weighted by Crippen LogP contribution is 2.25. The maximum Gasteiger partial charge on any atom is 0.251 e. The molecule has 0 bridgehead atoms. The minimum Gasteiger partial charge on any atom is -0.348 e. The van der Waals surface area contributed by atoms with E-state index in [0.717, 1.165) is 18.4 Å². The smallest absolute Gasteiger partial charge is 0.251 e. The van der Waals surface area contributed by atoms with Crippen LogP contribution in [0, 0.1) is 6.92 Å². The third kappa shape index (κ3) is 4.46. The number of carbonyl (C=O) groups excluding carboxylic acids is 1. The fourth-order valence-electron chi connectivity index (χ4n) is 3.03. The summed E-state index contributed by atoms with van der Waals surface area (Å²) in [6.07, 6.45) is 1.72. The van der Waals surface area contributed by atoms with E-state index in [0.29, 0.717) is 34.3 Å². The lowest BCUT2D eigenvalue weighted by atomic mass is 10.1. The zero-order valence-electron chi connectivity index (χ0n) is 14.8. The van der Waals surface area contributed by atoms with E-state index >= 15 is 0 Å². The summed E-state index contributed by atoms with van der Waals surface area (Å²) in [5.74, 6) is -0.362. The number of sulfonamides is 1. The van der Waals surface area contributed by atoms with Gasteiger partial charge in [-0.25, -0.2) is 8.42 Å². The maximum atomic E-state index is 12.9. The lowest BCUT2D eigenvalue weighted by Gasteiger charge is -2.18. The Kier molecular flexibility index (Phi) is 6.11. The molecule has 1 fully saturated rings. The number of nitrogens with one attached hydrogen (secondary N) is 1. The zero-order valence-corrected chi connectivity index (χ0v) is 17.2. The van der Waals surface area contributed by atoms with E-state index in [1.165, 1.54) is 10.4 Å². The number of hydrogen-bond acceptors (Lipinski definition) is 3. The molecule has 5 nitrogen and oxygen atoms in total. The van der Waals surface area contributed by atoms with Crippen molar-refractivity contribution in [3.05, 3.63) is 63.1 Å². The molecule has 0 saturated carbocycles. The third-order valence-electron chi connectivity index (χ3n) is 4.59. The monoisotopic (exact) mass is 426 g/mol. The normalized spacial score (nSPS) is 15.1. The number of amides is 1. The second-order valence-electron chi connectivity index (χ2n) is 6.51. The summed E-state index contributed by atoms with van der Waals surface area (Å²) in [7, 11) is -3.59. The quantitative estimate of drug-likeness (QED) is 0.784. The molecule has 2 aromatic rings. The first-order chi connectivity index (χ1) is 12.8. The first-order valence-corrected chi connectivity index (χ1v) is 10.8. The van der Waals surface area contributed by atoms with Crippen LogP contribution in [0.4, 0.5) is 0 Å². The minimum absolute atomic E-state index is 0.182. The fraction of sp³-hybridized carbons (Fsp3) is 0.316. The Morgan fingerprint density at radius 3 is 2.48 bits per heavy atom. The van der Waals surface area contributed by atoms with E-state index < -0.39 is 10.0 Å². The highest BCUT2D eigenvalue weighted by atomic mass is 35.5. The summed E-state index contributed by atoms with van der Waals surface area (Å²) in [5, 5.41) is 3.75. The average Bonchev–Trinajstić information content (AvgIpc) is 3.16. The molecule has 0 unspecified atom stereocenters. The van der Waals surface area contributed by atoms with Crippen molar-refractivity contribution in [2.24, 2.45) is 0 Å². The van der Waals surface area contributed by atoms with E-state index in [1.807, 2.05) is 0 Å². The molecule has 1 aliphatic rings. The van der Waals surface area contributed by atoms with Gasteiger partial charge in [-0.05, 0) is 55.2 Å². The van der Waals surface area contributed by atoms with E-state index in [1.54, 1.807) is 37.3 Å². The van der Waals surface area contributed by atoms with Gasteiger partial charge in [-0.1, -0.05) is 35.3 Å². The summed E-state index contributed by atoms with van der Waals surface area (Å²) in [6, 6.07) is 9.77. The number of aryl methyl sites for hydroxylation is 1. The van der Waals surface area contributed by atoms with Crippen LogP contribution in [0.1, 0.15) is 34.3 Å². The molecule has 1 amide bonds. The number of carbonyl (C=O) groups is 1. The van der Waals surface area contributed by atoms with Crippen molar-refractivity contribution in [1.29, 1.82) is 0 Å². The number of halogens is 2. The SMILES string of the molecule is Cc1ccc(C(=O)NCc2ccc(Cl)cc2Cl)cc1S(=O)(=O)N1CCCC1. The Hall–Kier alpha value is -1.60. The van der Waals surface area contributed by atoms with E-state index in [9.17, 15) is 13.2 Å². The number of nitrogens with zero attached hydrogens (tertiary/aromatic N) is 1. The zero-order chi connectivity index (χ0) is 19.6. The van der Waals surface area contributed by atoms with Gasteiger partial charge < -0.3 is 5.32 Å². The molecule has 1 saturated heterocycles. The van der Waals surface area contributed by atoms with E-state index in [4.69, 9.17) is 23.2 Å².